The van der Waals surface area contributed by atoms with Crippen LogP contribution in [0.3, 0.4) is 0 Å². The largest absolute Gasteiger partial charge is 0.496 e. The number of carbonyl (C=O) groups excluding carboxylic acids is 2. The van der Waals surface area contributed by atoms with Crippen LogP contribution in [-0.4, -0.2) is 19.0 Å². The zero-order valence-electron chi connectivity index (χ0n) is 13.4. The number of anilines is 1. The molecule has 0 radical (unpaired) electrons. The number of hydrogen-bond donors (Lipinski definition) is 1. The predicted octanol–water partition coefficient (Wildman–Crippen LogP) is 4.23. The number of ether oxygens (including phenoxy) is 2. The van der Waals surface area contributed by atoms with Crippen molar-refractivity contribution < 1.29 is 19.1 Å². The lowest BCUT2D eigenvalue weighted by molar-refractivity contribution is 0.0731. The van der Waals surface area contributed by atoms with Crippen LogP contribution in [0.2, 0.25) is 0 Å². The molecule has 0 aliphatic rings. The Hall–Kier alpha value is -3.12. The Bertz CT molecular complexity index is 873. The molecule has 0 fully saturated rings. The van der Waals surface area contributed by atoms with E-state index in [2.05, 4.69) is 5.32 Å². The lowest BCUT2D eigenvalue weighted by Crippen LogP contribution is -2.11. The Morgan fingerprint density at radius 3 is 2.40 bits per heavy atom. The molecular weight excluding hydrogens is 338 g/mol. The maximum Gasteiger partial charge on any atom is 0.347 e. The molecule has 0 aliphatic heterocycles. The van der Waals surface area contributed by atoms with E-state index in [0.29, 0.717) is 27.6 Å². The minimum absolute atomic E-state index is 0.172. The number of nitrogens with one attached hydrogen (secondary N) is 1. The smallest absolute Gasteiger partial charge is 0.347 e. The third kappa shape index (κ3) is 4.05. The van der Waals surface area contributed by atoms with Gasteiger partial charge < -0.3 is 14.8 Å². The SMILES string of the molecule is COc1ccccc1C(=O)Oc1ccc(NC(=O)c2cccs2)cc1. The van der Waals surface area contributed by atoms with E-state index in [9.17, 15) is 9.59 Å². The summed E-state index contributed by atoms with van der Waals surface area (Å²) in [6.07, 6.45) is 0. The van der Waals surface area contributed by atoms with Crippen LogP contribution in [0.1, 0.15) is 20.0 Å². The van der Waals surface area contributed by atoms with Gasteiger partial charge in [0.1, 0.15) is 17.1 Å². The van der Waals surface area contributed by atoms with Gasteiger partial charge in [-0.15, -0.1) is 11.3 Å². The highest BCUT2D eigenvalue weighted by molar-refractivity contribution is 7.12. The Morgan fingerprint density at radius 2 is 1.72 bits per heavy atom. The molecule has 2 aromatic carbocycles. The van der Waals surface area contributed by atoms with Crippen LogP contribution in [0.15, 0.2) is 66.0 Å². The van der Waals surface area contributed by atoms with Crippen LogP contribution in [0.5, 0.6) is 11.5 Å². The standard InChI is InChI=1S/C19H15NO4S/c1-23-16-6-3-2-5-15(16)19(22)24-14-10-8-13(9-11-14)20-18(21)17-7-4-12-25-17/h2-12H,1H3,(H,20,21). The minimum Gasteiger partial charge on any atom is -0.496 e. The number of rotatable bonds is 5. The summed E-state index contributed by atoms with van der Waals surface area (Å²) in [6, 6.07) is 17.0. The predicted molar refractivity (Wildman–Crippen MR) is 96.7 cm³/mol. The first-order chi connectivity index (χ1) is 12.2. The molecular formula is C19H15NO4S. The third-order valence-corrected chi connectivity index (χ3v) is 4.26. The van der Waals surface area contributed by atoms with Crippen LogP contribution in [-0.2, 0) is 0 Å². The average Bonchev–Trinajstić information content (AvgIpc) is 3.18. The molecule has 126 valence electrons. The summed E-state index contributed by atoms with van der Waals surface area (Å²) in [4.78, 5) is 24.9. The first-order valence-electron chi connectivity index (χ1n) is 7.47. The molecule has 1 N–H and O–H groups in total. The van der Waals surface area contributed by atoms with Gasteiger partial charge in [0.25, 0.3) is 5.91 Å². The van der Waals surface area contributed by atoms with Crippen molar-refractivity contribution in [2.45, 2.75) is 0 Å². The second-order valence-electron chi connectivity index (χ2n) is 5.05. The van der Waals surface area contributed by atoms with E-state index in [0.717, 1.165) is 0 Å². The normalized spacial score (nSPS) is 10.1. The summed E-state index contributed by atoms with van der Waals surface area (Å²) >= 11 is 1.37. The molecule has 0 saturated carbocycles. The van der Waals surface area contributed by atoms with Crippen molar-refractivity contribution >= 4 is 28.9 Å². The number of benzene rings is 2. The van der Waals surface area contributed by atoms with Crippen molar-refractivity contribution in [1.82, 2.24) is 0 Å². The van der Waals surface area contributed by atoms with Gasteiger partial charge in [-0.05, 0) is 47.8 Å². The van der Waals surface area contributed by atoms with Crippen molar-refractivity contribution in [3.63, 3.8) is 0 Å². The monoisotopic (exact) mass is 353 g/mol. The van der Waals surface area contributed by atoms with Gasteiger partial charge in [-0.2, -0.15) is 0 Å². The van der Waals surface area contributed by atoms with E-state index in [-0.39, 0.29) is 5.91 Å². The van der Waals surface area contributed by atoms with Gasteiger partial charge >= 0.3 is 5.97 Å². The summed E-state index contributed by atoms with van der Waals surface area (Å²) in [5.41, 5.74) is 0.968. The van der Waals surface area contributed by atoms with Gasteiger partial charge in [0, 0.05) is 5.69 Å². The van der Waals surface area contributed by atoms with Gasteiger partial charge in [0.2, 0.25) is 0 Å². The molecule has 1 heterocycles. The van der Waals surface area contributed by atoms with Crippen molar-refractivity contribution in [2.75, 3.05) is 12.4 Å². The van der Waals surface area contributed by atoms with E-state index >= 15 is 0 Å². The second kappa shape index (κ2) is 7.63. The molecule has 0 atom stereocenters. The third-order valence-electron chi connectivity index (χ3n) is 3.39. The van der Waals surface area contributed by atoms with Gasteiger partial charge in [-0.25, -0.2) is 4.79 Å². The van der Waals surface area contributed by atoms with Gasteiger partial charge in [0.15, 0.2) is 0 Å². The fourth-order valence-corrected chi connectivity index (χ4v) is 2.80. The average molecular weight is 353 g/mol. The Morgan fingerprint density at radius 1 is 0.960 bits per heavy atom. The van der Waals surface area contributed by atoms with E-state index < -0.39 is 5.97 Å². The maximum absolute atomic E-state index is 12.2. The number of thiophene rings is 1. The Balaban J connectivity index is 1.66. The Labute approximate surface area is 148 Å². The molecule has 25 heavy (non-hydrogen) atoms. The molecule has 1 amide bonds. The van der Waals surface area contributed by atoms with Crippen molar-refractivity contribution in [3.05, 3.63) is 76.5 Å². The van der Waals surface area contributed by atoms with Crippen LogP contribution in [0.4, 0.5) is 5.69 Å². The molecule has 3 rings (SSSR count). The molecule has 5 nitrogen and oxygen atoms in total. The molecule has 0 spiro atoms. The number of hydrogen-bond acceptors (Lipinski definition) is 5. The summed E-state index contributed by atoms with van der Waals surface area (Å²) in [7, 11) is 1.50. The zero-order valence-corrected chi connectivity index (χ0v) is 14.2. The van der Waals surface area contributed by atoms with E-state index in [4.69, 9.17) is 9.47 Å². The van der Waals surface area contributed by atoms with Crippen molar-refractivity contribution in [1.29, 1.82) is 0 Å². The van der Waals surface area contributed by atoms with Crippen LogP contribution >= 0.6 is 11.3 Å². The van der Waals surface area contributed by atoms with Crippen molar-refractivity contribution in [2.24, 2.45) is 0 Å². The molecule has 6 heteroatoms. The first-order valence-corrected chi connectivity index (χ1v) is 8.35. The highest BCUT2D eigenvalue weighted by atomic mass is 32.1. The highest BCUT2D eigenvalue weighted by Crippen LogP contribution is 2.22. The fraction of sp³-hybridized carbons (Fsp3) is 0.0526. The highest BCUT2D eigenvalue weighted by Gasteiger charge is 2.14. The lowest BCUT2D eigenvalue weighted by Gasteiger charge is -2.09. The quantitative estimate of drug-likeness (QED) is 0.551. The molecule has 3 aromatic rings. The Kier molecular flexibility index (Phi) is 5.11. The van der Waals surface area contributed by atoms with E-state index in [1.165, 1.54) is 18.4 Å². The summed E-state index contributed by atoms with van der Waals surface area (Å²) in [5.74, 6) is 0.152. The summed E-state index contributed by atoms with van der Waals surface area (Å²) < 4.78 is 10.5. The molecule has 0 bridgehead atoms. The van der Waals surface area contributed by atoms with Gasteiger partial charge in [-0.3, -0.25) is 4.79 Å². The maximum atomic E-state index is 12.2. The van der Waals surface area contributed by atoms with Crippen LogP contribution in [0.25, 0.3) is 0 Å². The number of esters is 1. The number of amides is 1. The summed E-state index contributed by atoms with van der Waals surface area (Å²) in [5, 5.41) is 4.63. The number of methoxy groups -OCH3 is 1. The lowest BCUT2D eigenvalue weighted by atomic mass is 10.2. The molecule has 0 unspecified atom stereocenters. The van der Waals surface area contributed by atoms with E-state index in [1.807, 2.05) is 11.4 Å². The summed E-state index contributed by atoms with van der Waals surface area (Å²) in [6.45, 7) is 0. The van der Waals surface area contributed by atoms with Crippen LogP contribution in [0, 0.1) is 0 Å². The van der Waals surface area contributed by atoms with Gasteiger partial charge in [-0.1, -0.05) is 18.2 Å². The topological polar surface area (TPSA) is 64.6 Å². The fourth-order valence-electron chi connectivity index (χ4n) is 2.18. The van der Waals surface area contributed by atoms with Crippen molar-refractivity contribution in [3.8, 4) is 11.5 Å². The zero-order chi connectivity index (χ0) is 17.6. The number of para-hydroxylation sites is 1. The number of carbonyl (C=O) groups is 2. The minimum atomic E-state index is -0.507. The van der Waals surface area contributed by atoms with Gasteiger partial charge in [0.05, 0.1) is 12.0 Å². The molecule has 0 saturated heterocycles. The molecule has 1 aromatic heterocycles. The van der Waals surface area contributed by atoms with Crippen LogP contribution < -0.4 is 14.8 Å². The molecule has 0 aliphatic carbocycles. The second-order valence-corrected chi connectivity index (χ2v) is 5.99. The van der Waals surface area contributed by atoms with E-state index in [1.54, 1.807) is 54.6 Å². The first kappa shape index (κ1) is 16.7.